The third-order valence-electron chi connectivity index (χ3n) is 7.86. The second-order valence-electron chi connectivity index (χ2n) is 11.0. The fourth-order valence-corrected chi connectivity index (χ4v) is 6.35. The van der Waals surface area contributed by atoms with Gasteiger partial charge >= 0.3 is 0 Å². The molecule has 3 aromatic carbocycles. The Bertz CT molecular complexity index is 1530. The Morgan fingerprint density at radius 3 is 2.27 bits per heavy atom. The van der Waals surface area contributed by atoms with Gasteiger partial charge in [-0.15, -0.1) is 0 Å². The number of nitrogens with one attached hydrogen (secondary N) is 1. The summed E-state index contributed by atoms with van der Waals surface area (Å²) in [7, 11) is -1.16. The van der Waals surface area contributed by atoms with Crippen LogP contribution in [-0.2, 0) is 32.6 Å². The molecule has 9 nitrogen and oxygen atoms in total. The molecule has 2 amide bonds. The van der Waals surface area contributed by atoms with Crippen molar-refractivity contribution in [3.63, 3.8) is 0 Å². The molecule has 1 aliphatic rings. The highest BCUT2D eigenvalue weighted by molar-refractivity contribution is 7.92. The molecule has 1 atom stereocenters. The number of amides is 2. The molecule has 0 aromatic heterocycles. The maximum absolute atomic E-state index is 15.0. The first-order valence-electron chi connectivity index (χ1n) is 14.7. The monoisotopic (exact) mass is 625 g/mol. The van der Waals surface area contributed by atoms with Gasteiger partial charge in [0.05, 0.1) is 26.2 Å². The van der Waals surface area contributed by atoms with Crippen molar-refractivity contribution >= 4 is 27.5 Å². The van der Waals surface area contributed by atoms with Crippen molar-refractivity contribution in [2.75, 3.05) is 31.3 Å². The first-order chi connectivity index (χ1) is 21.1. The van der Waals surface area contributed by atoms with Gasteiger partial charge in [0.1, 0.15) is 29.9 Å². The summed E-state index contributed by atoms with van der Waals surface area (Å²) in [5, 5.41) is 3.13. The molecule has 1 saturated carbocycles. The lowest BCUT2D eigenvalue weighted by atomic mass is 9.94. The van der Waals surface area contributed by atoms with Crippen molar-refractivity contribution in [3.8, 4) is 11.5 Å². The quantitative estimate of drug-likeness (QED) is 0.295. The minimum Gasteiger partial charge on any atom is -0.497 e. The van der Waals surface area contributed by atoms with Crippen LogP contribution in [0.2, 0.25) is 0 Å². The lowest BCUT2D eigenvalue weighted by Gasteiger charge is -2.35. The molecule has 1 fully saturated rings. The van der Waals surface area contributed by atoms with Gasteiger partial charge in [-0.2, -0.15) is 0 Å². The molecule has 4 rings (SSSR count). The minimum atomic E-state index is -4.02. The Kier molecular flexibility index (Phi) is 11.2. The summed E-state index contributed by atoms with van der Waals surface area (Å²) in [4.78, 5) is 29.6. The van der Waals surface area contributed by atoms with E-state index in [2.05, 4.69) is 5.32 Å². The van der Waals surface area contributed by atoms with Gasteiger partial charge in [0, 0.05) is 30.6 Å². The summed E-state index contributed by atoms with van der Waals surface area (Å²) in [5.41, 5.74) is 1.14. The number of hydrogen-bond acceptors (Lipinski definition) is 6. The number of nitrogens with zero attached hydrogens (tertiary/aromatic N) is 2. The number of hydrogen-bond donors (Lipinski definition) is 1. The summed E-state index contributed by atoms with van der Waals surface area (Å²) >= 11 is 0. The van der Waals surface area contributed by atoms with Crippen molar-refractivity contribution in [2.45, 2.75) is 57.2 Å². The van der Waals surface area contributed by atoms with E-state index in [0.29, 0.717) is 5.75 Å². The van der Waals surface area contributed by atoms with Crippen LogP contribution in [0.15, 0.2) is 72.8 Å². The number of halogens is 1. The second kappa shape index (κ2) is 15.1. The summed E-state index contributed by atoms with van der Waals surface area (Å²) in [6, 6.07) is 18.8. The van der Waals surface area contributed by atoms with Gasteiger partial charge in [0.15, 0.2) is 0 Å². The van der Waals surface area contributed by atoms with Crippen molar-refractivity contribution in [2.24, 2.45) is 0 Å². The molecule has 0 saturated heterocycles. The van der Waals surface area contributed by atoms with Gasteiger partial charge < -0.3 is 19.7 Å². The van der Waals surface area contributed by atoms with E-state index in [1.54, 1.807) is 24.3 Å². The van der Waals surface area contributed by atoms with Crippen LogP contribution < -0.4 is 19.1 Å². The number of carbonyl (C=O) groups is 2. The molecule has 0 bridgehead atoms. The minimum absolute atomic E-state index is 0.0315. The van der Waals surface area contributed by atoms with E-state index in [9.17, 15) is 22.4 Å². The molecule has 0 spiro atoms. The fraction of sp³-hybridized carbons (Fsp3) is 0.394. The summed E-state index contributed by atoms with van der Waals surface area (Å²) in [6.07, 6.45) is 5.92. The molecule has 0 unspecified atom stereocenters. The lowest BCUT2D eigenvalue weighted by molar-refractivity contribution is -0.140. The molecular formula is C33H40FN3O6S. The predicted octanol–water partition coefficient (Wildman–Crippen LogP) is 4.70. The molecule has 0 aliphatic heterocycles. The summed E-state index contributed by atoms with van der Waals surface area (Å²) < 4.78 is 52.8. The molecule has 1 aliphatic carbocycles. The SMILES string of the molecule is COc1ccc(N(CC(=O)N(Cc2ccccc2F)[C@@H](Cc2ccccc2)C(=O)NC2CCCCC2)S(C)(=O)=O)c(OC)c1. The van der Waals surface area contributed by atoms with Crippen molar-refractivity contribution in [3.05, 3.63) is 89.7 Å². The fourth-order valence-electron chi connectivity index (χ4n) is 5.49. The zero-order valence-electron chi connectivity index (χ0n) is 25.4. The molecule has 44 heavy (non-hydrogen) atoms. The predicted molar refractivity (Wildman–Crippen MR) is 168 cm³/mol. The standard InChI is InChI=1S/C33H40FN3O6S/c1-42-27-18-19-29(31(21-27)43-2)37(44(3,40)41)23-32(38)36(22-25-14-10-11-17-28(25)34)30(20-24-12-6-4-7-13-24)33(39)35-26-15-8-5-9-16-26/h4,6-7,10-14,17-19,21,26,30H,5,8-9,15-16,20,22-23H2,1-3H3,(H,35,39)/t30-/m0/s1. The lowest BCUT2D eigenvalue weighted by Crippen LogP contribution is -2.55. The Balaban J connectivity index is 1.76. The Morgan fingerprint density at radius 1 is 0.955 bits per heavy atom. The molecule has 236 valence electrons. The second-order valence-corrected chi connectivity index (χ2v) is 12.9. The van der Waals surface area contributed by atoms with E-state index in [1.165, 1.54) is 37.3 Å². The van der Waals surface area contributed by atoms with Crippen molar-refractivity contribution < 1.29 is 31.9 Å². The van der Waals surface area contributed by atoms with Crippen molar-refractivity contribution in [1.29, 1.82) is 0 Å². The van der Waals surface area contributed by atoms with Gasteiger partial charge in [-0.1, -0.05) is 67.8 Å². The number of sulfonamides is 1. The van der Waals surface area contributed by atoms with Crippen LogP contribution in [0.25, 0.3) is 0 Å². The Hall–Kier alpha value is -4.12. The van der Waals surface area contributed by atoms with Crippen LogP contribution in [0.4, 0.5) is 10.1 Å². The van der Waals surface area contributed by atoms with Gasteiger partial charge in [-0.25, -0.2) is 12.8 Å². The van der Waals surface area contributed by atoms with Gasteiger partial charge in [-0.05, 0) is 36.6 Å². The van der Waals surface area contributed by atoms with Crippen LogP contribution >= 0.6 is 0 Å². The van der Waals surface area contributed by atoms with E-state index in [4.69, 9.17) is 9.47 Å². The zero-order valence-corrected chi connectivity index (χ0v) is 26.2. The number of carbonyl (C=O) groups excluding carboxylic acids is 2. The van der Waals surface area contributed by atoms with Crippen LogP contribution in [0, 0.1) is 5.82 Å². The molecule has 0 radical (unpaired) electrons. The van der Waals surface area contributed by atoms with E-state index in [1.807, 2.05) is 30.3 Å². The van der Waals surface area contributed by atoms with Crippen molar-refractivity contribution in [1.82, 2.24) is 10.2 Å². The average molecular weight is 626 g/mol. The molecule has 1 N–H and O–H groups in total. The van der Waals surface area contributed by atoms with Crippen LogP contribution in [-0.4, -0.2) is 64.2 Å². The number of benzene rings is 3. The number of ether oxygens (including phenoxy) is 2. The number of rotatable bonds is 13. The molecule has 3 aromatic rings. The van der Waals surface area contributed by atoms with E-state index < -0.39 is 34.3 Å². The normalized spacial score (nSPS) is 14.4. The number of anilines is 1. The maximum atomic E-state index is 15.0. The van der Waals surface area contributed by atoms with Crippen LogP contribution in [0.5, 0.6) is 11.5 Å². The highest BCUT2D eigenvalue weighted by Crippen LogP contribution is 2.34. The first-order valence-corrected chi connectivity index (χ1v) is 16.5. The maximum Gasteiger partial charge on any atom is 0.244 e. The summed E-state index contributed by atoms with van der Waals surface area (Å²) in [5.74, 6) is -0.948. The number of methoxy groups -OCH3 is 2. The molecule has 0 heterocycles. The zero-order chi connectivity index (χ0) is 31.7. The van der Waals surface area contributed by atoms with Gasteiger partial charge in [0.25, 0.3) is 0 Å². The van der Waals surface area contributed by atoms with Gasteiger partial charge in [0.2, 0.25) is 21.8 Å². The highest BCUT2D eigenvalue weighted by atomic mass is 32.2. The Labute approximate surface area is 259 Å². The third kappa shape index (κ3) is 8.49. The topological polar surface area (TPSA) is 105 Å². The van der Waals surface area contributed by atoms with E-state index in [-0.39, 0.29) is 41.9 Å². The van der Waals surface area contributed by atoms with Crippen LogP contribution in [0.1, 0.15) is 43.2 Å². The van der Waals surface area contributed by atoms with E-state index in [0.717, 1.165) is 48.2 Å². The summed E-state index contributed by atoms with van der Waals surface area (Å²) in [6.45, 7) is -0.879. The smallest absolute Gasteiger partial charge is 0.244 e. The van der Waals surface area contributed by atoms with E-state index >= 15 is 0 Å². The Morgan fingerprint density at radius 2 is 1.64 bits per heavy atom. The molecule has 11 heteroatoms. The van der Waals surface area contributed by atoms with Gasteiger partial charge in [-0.3, -0.25) is 13.9 Å². The molecular weight excluding hydrogens is 585 g/mol. The largest absolute Gasteiger partial charge is 0.497 e. The average Bonchev–Trinajstić information content (AvgIpc) is 3.02. The highest BCUT2D eigenvalue weighted by Gasteiger charge is 2.35. The van der Waals surface area contributed by atoms with Crippen LogP contribution in [0.3, 0.4) is 0 Å². The third-order valence-corrected chi connectivity index (χ3v) is 8.98. The first kappa shape index (κ1) is 32.8.